The Hall–Kier alpha value is -4.47. The molecule has 0 spiro atoms. The fraction of sp³-hybridized carbons (Fsp3) is 0.375. The van der Waals surface area contributed by atoms with Gasteiger partial charge in [-0.25, -0.2) is 18.9 Å². The number of rotatable bonds is 6. The number of nitriles is 1. The number of carbonyl (C=O) groups excluding carboxylic acids is 2. The van der Waals surface area contributed by atoms with Crippen LogP contribution in [0, 0.1) is 40.3 Å². The highest BCUT2D eigenvalue weighted by Crippen LogP contribution is 2.61. The number of aromatic nitrogens is 5. The predicted molar refractivity (Wildman–Crippen MR) is 124 cm³/mol. The van der Waals surface area contributed by atoms with Crippen LogP contribution in [0.2, 0.25) is 0 Å². The van der Waals surface area contributed by atoms with Crippen LogP contribution >= 0.6 is 0 Å². The predicted octanol–water partition coefficient (Wildman–Crippen LogP) is 3.74. The minimum Gasteiger partial charge on any atom is -0.441 e. The monoisotopic (exact) mass is 508 g/mol. The number of hydrogen-bond acceptors (Lipinski definition) is 8. The molecule has 3 saturated carbocycles. The Kier molecular flexibility index (Phi) is 6.02. The lowest BCUT2D eigenvalue weighted by Gasteiger charge is -2.31. The molecule has 2 N–H and O–H groups in total. The van der Waals surface area contributed by atoms with Crippen molar-refractivity contribution in [2.24, 2.45) is 24.3 Å². The molecule has 0 aliphatic heterocycles. The summed E-state index contributed by atoms with van der Waals surface area (Å²) in [6.45, 7) is 1.38. The van der Waals surface area contributed by atoms with E-state index in [1.807, 2.05) is 0 Å². The molecular formula is C24H22F2N8O3. The Morgan fingerprint density at radius 3 is 2.68 bits per heavy atom. The summed E-state index contributed by atoms with van der Waals surface area (Å²) in [7, 11) is 1.54. The number of hydrogen-bond donors (Lipinski definition) is 2. The van der Waals surface area contributed by atoms with Crippen molar-refractivity contribution in [1.29, 1.82) is 5.26 Å². The maximum atomic E-state index is 13.9. The number of carbonyl (C=O) groups is 2. The first-order valence-electron chi connectivity index (χ1n) is 11.5. The molecule has 3 aromatic heterocycles. The van der Waals surface area contributed by atoms with Crippen LogP contribution in [-0.4, -0.2) is 37.0 Å². The molecule has 2 atom stereocenters. The highest BCUT2D eigenvalue weighted by molar-refractivity contribution is 5.93. The third-order valence-electron chi connectivity index (χ3n) is 6.93. The highest BCUT2D eigenvalue weighted by atomic mass is 19.1. The van der Waals surface area contributed by atoms with E-state index in [9.17, 15) is 23.6 Å². The van der Waals surface area contributed by atoms with Gasteiger partial charge in [-0.3, -0.25) is 15.1 Å². The van der Waals surface area contributed by atoms with Gasteiger partial charge in [0.1, 0.15) is 11.9 Å². The molecule has 1 unspecified atom stereocenters. The first kappa shape index (κ1) is 24.2. The lowest BCUT2D eigenvalue weighted by molar-refractivity contribution is -0.120. The van der Waals surface area contributed by atoms with E-state index in [0.29, 0.717) is 17.8 Å². The first-order valence-corrected chi connectivity index (χ1v) is 11.5. The summed E-state index contributed by atoms with van der Waals surface area (Å²) in [4.78, 5) is 32.8. The summed E-state index contributed by atoms with van der Waals surface area (Å²) < 4.78 is 33.8. The van der Waals surface area contributed by atoms with Crippen LogP contribution in [0.25, 0.3) is 11.4 Å². The second-order valence-electron chi connectivity index (χ2n) is 9.41. The molecule has 3 aliphatic carbocycles. The average molecular weight is 508 g/mol. The van der Waals surface area contributed by atoms with Gasteiger partial charge >= 0.3 is 6.09 Å². The van der Waals surface area contributed by atoms with Crippen LogP contribution < -0.4 is 10.6 Å². The Morgan fingerprint density at radius 2 is 2.00 bits per heavy atom. The maximum Gasteiger partial charge on any atom is 0.413 e. The Morgan fingerprint density at radius 1 is 1.22 bits per heavy atom. The first-order chi connectivity index (χ1) is 17.7. The Bertz CT molecular complexity index is 1410. The number of pyridine rings is 2. The van der Waals surface area contributed by atoms with Crippen LogP contribution in [-0.2, 0) is 16.6 Å². The number of anilines is 2. The number of ether oxygens (including phenoxy) is 1. The number of aryl methyl sites for hydroxylation is 1. The van der Waals surface area contributed by atoms with Crippen LogP contribution in [0.1, 0.15) is 37.9 Å². The summed E-state index contributed by atoms with van der Waals surface area (Å²) in [6, 6.07) is 6.51. The molecule has 0 aromatic carbocycles. The van der Waals surface area contributed by atoms with E-state index in [4.69, 9.17) is 4.74 Å². The van der Waals surface area contributed by atoms with Crippen molar-refractivity contribution < 1.29 is 23.1 Å². The number of nitrogens with zero attached hydrogens (tertiary/aromatic N) is 6. The number of halogens is 2. The lowest BCUT2D eigenvalue weighted by atomic mass is 9.70. The normalized spacial score (nSPS) is 22.5. The van der Waals surface area contributed by atoms with Gasteiger partial charge < -0.3 is 10.1 Å². The smallest absolute Gasteiger partial charge is 0.413 e. The zero-order chi connectivity index (χ0) is 26.3. The standard InChI is InChI=1S/C24H22F2N8O3/c1-12(16-5-14(25)9-29-20(16)26)37-23(36)31-21-19(32-33-34(21)2)18-4-3-15(10-28-18)30-22(35)17-8-24(11-27)6-13(17)7-24/h3-5,9-10,12-13,17H,6-8H2,1-2H3,(H,30,35)(H,31,36)/t12-,13?,17?,24?/m1/s1. The average Bonchev–Trinajstić information content (AvgIpc) is 3.53. The van der Waals surface area contributed by atoms with Crippen LogP contribution in [0.15, 0.2) is 30.6 Å². The summed E-state index contributed by atoms with van der Waals surface area (Å²) in [5, 5.41) is 22.6. The summed E-state index contributed by atoms with van der Waals surface area (Å²) in [6.07, 6.45) is 2.25. The fourth-order valence-electron chi connectivity index (χ4n) is 5.01. The topological polar surface area (TPSA) is 148 Å². The number of nitrogens with one attached hydrogen (secondary N) is 2. The molecule has 3 aromatic rings. The molecule has 0 radical (unpaired) electrons. The Balaban J connectivity index is 1.24. The zero-order valence-electron chi connectivity index (χ0n) is 19.9. The number of fused-ring (bicyclic) bond motifs is 1. The van der Waals surface area contributed by atoms with E-state index >= 15 is 0 Å². The molecule has 2 bridgehead atoms. The quantitative estimate of drug-likeness (QED) is 0.479. The van der Waals surface area contributed by atoms with Gasteiger partial charge in [-0.1, -0.05) is 5.21 Å². The van der Waals surface area contributed by atoms with E-state index < -0.39 is 24.0 Å². The molecule has 37 heavy (non-hydrogen) atoms. The second-order valence-corrected chi connectivity index (χ2v) is 9.41. The third kappa shape index (κ3) is 4.57. The molecule has 13 heteroatoms. The van der Waals surface area contributed by atoms with E-state index in [0.717, 1.165) is 25.1 Å². The summed E-state index contributed by atoms with van der Waals surface area (Å²) in [5.41, 5.74) is 0.528. The van der Waals surface area contributed by atoms with Crippen molar-refractivity contribution in [2.45, 2.75) is 32.3 Å². The highest BCUT2D eigenvalue weighted by Gasteiger charge is 2.58. The fourth-order valence-corrected chi connectivity index (χ4v) is 5.01. The van der Waals surface area contributed by atoms with E-state index in [2.05, 4.69) is 37.0 Å². The van der Waals surface area contributed by atoms with Crippen LogP contribution in [0.5, 0.6) is 0 Å². The third-order valence-corrected chi connectivity index (χ3v) is 6.93. The summed E-state index contributed by atoms with van der Waals surface area (Å²) >= 11 is 0. The van der Waals surface area contributed by atoms with Crippen molar-refractivity contribution >= 4 is 23.5 Å². The minimum atomic E-state index is -1.12. The van der Waals surface area contributed by atoms with Gasteiger partial charge in [0, 0.05) is 13.0 Å². The molecule has 3 fully saturated rings. The summed E-state index contributed by atoms with van der Waals surface area (Å²) in [5.74, 6) is -1.61. The molecule has 3 aliphatic rings. The van der Waals surface area contributed by atoms with Crippen LogP contribution in [0.4, 0.5) is 25.1 Å². The van der Waals surface area contributed by atoms with E-state index in [1.54, 1.807) is 19.2 Å². The van der Waals surface area contributed by atoms with Crippen LogP contribution in [0.3, 0.4) is 0 Å². The van der Waals surface area contributed by atoms with Crippen molar-refractivity contribution in [3.63, 3.8) is 0 Å². The molecule has 190 valence electrons. The largest absolute Gasteiger partial charge is 0.441 e. The molecule has 11 nitrogen and oxygen atoms in total. The minimum absolute atomic E-state index is 0.127. The van der Waals surface area contributed by atoms with Gasteiger partial charge in [-0.2, -0.15) is 9.65 Å². The second kappa shape index (κ2) is 9.20. The van der Waals surface area contributed by atoms with Gasteiger partial charge in [0.2, 0.25) is 11.9 Å². The van der Waals surface area contributed by atoms with Crippen molar-refractivity contribution in [3.05, 3.63) is 47.9 Å². The van der Waals surface area contributed by atoms with Crippen molar-refractivity contribution in [1.82, 2.24) is 25.0 Å². The Labute approximate surface area is 209 Å². The molecule has 6 rings (SSSR count). The molecular weight excluding hydrogens is 486 g/mol. The van der Waals surface area contributed by atoms with Gasteiger partial charge in [-0.15, -0.1) is 5.10 Å². The maximum absolute atomic E-state index is 13.9. The number of amides is 2. The van der Waals surface area contributed by atoms with Gasteiger partial charge in [-0.05, 0) is 50.3 Å². The van der Waals surface area contributed by atoms with Crippen molar-refractivity contribution in [2.75, 3.05) is 10.6 Å². The lowest BCUT2D eigenvalue weighted by Crippen LogP contribution is -2.28. The SMILES string of the molecule is C[C@@H](OC(=O)Nc1c(-c2ccc(NC(=O)C3CC4(C#N)CC3C4)cn2)nnn1C)c1cc(F)cnc1F. The van der Waals surface area contributed by atoms with E-state index in [1.165, 1.54) is 17.8 Å². The van der Waals surface area contributed by atoms with Gasteiger partial charge in [0.15, 0.2) is 11.5 Å². The van der Waals surface area contributed by atoms with Crippen molar-refractivity contribution in [3.8, 4) is 17.5 Å². The molecule has 2 amide bonds. The van der Waals surface area contributed by atoms with E-state index in [-0.39, 0.29) is 40.2 Å². The van der Waals surface area contributed by atoms with Gasteiger partial charge in [0.25, 0.3) is 0 Å². The molecule has 3 heterocycles. The molecule has 0 saturated heterocycles. The van der Waals surface area contributed by atoms with Gasteiger partial charge in [0.05, 0.1) is 40.8 Å². The zero-order valence-corrected chi connectivity index (χ0v) is 19.9.